The summed E-state index contributed by atoms with van der Waals surface area (Å²) in [5, 5.41) is 10.0. The smallest absolute Gasteiger partial charge is 0.322 e. The van der Waals surface area contributed by atoms with Crippen molar-refractivity contribution in [1.29, 1.82) is 0 Å². The van der Waals surface area contributed by atoms with Gasteiger partial charge in [0.15, 0.2) is 0 Å². The molecule has 4 rings (SSSR count). The summed E-state index contributed by atoms with van der Waals surface area (Å²) in [6.45, 7) is 0. The summed E-state index contributed by atoms with van der Waals surface area (Å²) in [6.07, 6.45) is 1.30. The molecule has 0 radical (unpaired) electrons. The first-order valence-corrected chi connectivity index (χ1v) is 10.5. The van der Waals surface area contributed by atoms with Crippen molar-refractivity contribution in [3.8, 4) is 0 Å². The molecular weight excluding hydrogens is 454 g/mol. The van der Waals surface area contributed by atoms with Gasteiger partial charge in [-0.05, 0) is 36.4 Å². The van der Waals surface area contributed by atoms with Gasteiger partial charge in [-0.2, -0.15) is 5.10 Å². The Morgan fingerprint density at radius 3 is 2.35 bits per heavy atom. The number of fused-ring (bicyclic) bond motifs is 1. The number of pyridine rings is 1. The Morgan fingerprint density at radius 2 is 1.53 bits per heavy atom. The summed E-state index contributed by atoms with van der Waals surface area (Å²) >= 11 is 6.16. The number of anilines is 2. The van der Waals surface area contributed by atoms with E-state index in [1.165, 1.54) is 12.3 Å². The highest BCUT2D eigenvalue weighted by molar-refractivity contribution is 6.40. The van der Waals surface area contributed by atoms with Crippen LogP contribution < -0.4 is 16.1 Å². The molecule has 1 heterocycles. The molecule has 0 aliphatic heterocycles. The number of aromatic nitrogens is 1. The van der Waals surface area contributed by atoms with Gasteiger partial charge in [-0.1, -0.05) is 60.1 Å². The topological polar surface area (TPSA) is 113 Å². The summed E-state index contributed by atoms with van der Waals surface area (Å²) in [6, 6.07) is 24.4. The van der Waals surface area contributed by atoms with Gasteiger partial charge in [0.2, 0.25) is 0 Å². The first kappa shape index (κ1) is 22.6. The average molecular weight is 472 g/mol. The molecule has 0 aliphatic carbocycles. The molecule has 3 N–H and O–H groups in total. The summed E-state index contributed by atoms with van der Waals surface area (Å²) in [7, 11) is 0. The number of hydrogen-bond acceptors (Lipinski definition) is 5. The fourth-order valence-electron chi connectivity index (χ4n) is 3.10. The number of halogens is 1. The molecule has 0 atom stereocenters. The highest BCUT2D eigenvalue weighted by Gasteiger charge is 2.18. The molecule has 0 aliphatic rings. The second-order valence-corrected chi connectivity index (χ2v) is 7.44. The Kier molecular flexibility index (Phi) is 6.90. The Bertz CT molecular complexity index is 1410. The number of hydrazone groups is 1. The van der Waals surface area contributed by atoms with Crippen molar-refractivity contribution in [2.45, 2.75) is 0 Å². The molecule has 0 saturated carbocycles. The van der Waals surface area contributed by atoms with Crippen LogP contribution in [-0.2, 0) is 9.59 Å². The molecule has 8 nitrogen and oxygen atoms in total. The van der Waals surface area contributed by atoms with E-state index < -0.39 is 17.7 Å². The summed E-state index contributed by atoms with van der Waals surface area (Å²) in [5.74, 6) is -2.43. The molecule has 0 spiro atoms. The third-order valence-corrected chi connectivity index (χ3v) is 5.03. The lowest BCUT2D eigenvalue weighted by Crippen LogP contribution is -2.33. The number of benzene rings is 3. The molecule has 9 heteroatoms. The fourth-order valence-corrected chi connectivity index (χ4v) is 3.29. The second kappa shape index (κ2) is 10.4. The van der Waals surface area contributed by atoms with Gasteiger partial charge in [0.05, 0.1) is 23.0 Å². The van der Waals surface area contributed by atoms with Crippen LogP contribution in [0.1, 0.15) is 15.9 Å². The van der Waals surface area contributed by atoms with Gasteiger partial charge in [0.1, 0.15) is 5.15 Å². The summed E-state index contributed by atoms with van der Waals surface area (Å²) < 4.78 is 0. The standard InChI is InChI=1S/C25H18ClN5O3/c26-22-17(14-16-8-4-6-12-20(16)29-22)15-27-31-25(34)24(33)30-21-13-7-5-11-19(21)23(32)28-18-9-2-1-3-10-18/h1-15H,(H,28,32)(H,30,33)(H,31,34)/b27-15+. The second-order valence-electron chi connectivity index (χ2n) is 7.08. The predicted molar refractivity (Wildman–Crippen MR) is 132 cm³/mol. The summed E-state index contributed by atoms with van der Waals surface area (Å²) in [4.78, 5) is 41.5. The van der Waals surface area contributed by atoms with E-state index in [2.05, 4.69) is 26.1 Å². The molecule has 0 bridgehead atoms. The molecule has 1 aromatic heterocycles. The van der Waals surface area contributed by atoms with Gasteiger partial charge in [0, 0.05) is 16.6 Å². The molecule has 0 unspecified atom stereocenters. The number of hydrogen-bond donors (Lipinski definition) is 3. The molecule has 4 aromatic rings. The zero-order valence-electron chi connectivity index (χ0n) is 17.7. The third kappa shape index (κ3) is 5.43. The number of carbonyl (C=O) groups excluding carboxylic acids is 3. The van der Waals surface area contributed by atoms with E-state index in [0.29, 0.717) is 11.3 Å². The van der Waals surface area contributed by atoms with Crippen molar-refractivity contribution in [2.75, 3.05) is 10.6 Å². The lowest BCUT2D eigenvalue weighted by molar-refractivity contribution is -0.136. The van der Waals surface area contributed by atoms with Crippen molar-refractivity contribution in [1.82, 2.24) is 10.4 Å². The van der Waals surface area contributed by atoms with Crippen LogP contribution in [0.15, 0.2) is 90.0 Å². The molecule has 0 saturated heterocycles. The Balaban J connectivity index is 1.41. The molecule has 3 amide bonds. The number of rotatable bonds is 5. The maximum absolute atomic E-state index is 12.6. The predicted octanol–water partition coefficient (Wildman–Crippen LogP) is 4.23. The number of amides is 3. The minimum Gasteiger partial charge on any atom is -0.322 e. The Morgan fingerprint density at radius 1 is 0.824 bits per heavy atom. The highest BCUT2D eigenvalue weighted by Crippen LogP contribution is 2.19. The number of carbonyl (C=O) groups is 3. The van der Waals surface area contributed by atoms with Gasteiger partial charge >= 0.3 is 11.8 Å². The molecule has 3 aromatic carbocycles. The normalized spacial score (nSPS) is 10.7. The quantitative estimate of drug-likeness (QED) is 0.175. The van der Waals surface area contributed by atoms with Crippen LogP contribution in [0, 0.1) is 0 Å². The largest absolute Gasteiger partial charge is 0.329 e. The van der Waals surface area contributed by atoms with E-state index in [1.807, 2.05) is 30.3 Å². The van der Waals surface area contributed by atoms with Crippen LogP contribution in [-0.4, -0.2) is 28.9 Å². The number of nitrogens with one attached hydrogen (secondary N) is 3. The van der Waals surface area contributed by atoms with Crippen molar-refractivity contribution in [2.24, 2.45) is 5.10 Å². The van der Waals surface area contributed by atoms with E-state index in [4.69, 9.17) is 11.6 Å². The lowest BCUT2D eigenvalue weighted by Gasteiger charge is -2.11. The van der Waals surface area contributed by atoms with Gasteiger partial charge in [-0.15, -0.1) is 0 Å². The first-order valence-electron chi connectivity index (χ1n) is 10.2. The SMILES string of the molecule is O=C(N/N=C/c1cc2ccccc2nc1Cl)C(=O)Nc1ccccc1C(=O)Nc1ccccc1. The average Bonchev–Trinajstić information content (AvgIpc) is 2.85. The monoisotopic (exact) mass is 471 g/mol. The Hall–Kier alpha value is -4.56. The van der Waals surface area contributed by atoms with Crippen molar-refractivity contribution >= 4 is 57.8 Å². The van der Waals surface area contributed by atoms with Gasteiger partial charge < -0.3 is 10.6 Å². The molecule has 0 fully saturated rings. The van der Waals surface area contributed by atoms with E-state index in [1.54, 1.807) is 48.5 Å². The number of para-hydroxylation sites is 3. The van der Waals surface area contributed by atoms with E-state index in [0.717, 1.165) is 10.9 Å². The first-order chi connectivity index (χ1) is 16.5. The zero-order valence-corrected chi connectivity index (χ0v) is 18.4. The maximum Gasteiger partial charge on any atom is 0.329 e. The van der Waals surface area contributed by atoms with Crippen LogP contribution in [0.4, 0.5) is 11.4 Å². The van der Waals surface area contributed by atoms with Crippen molar-refractivity contribution in [3.05, 3.63) is 101 Å². The minimum absolute atomic E-state index is 0.182. The third-order valence-electron chi connectivity index (χ3n) is 4.73. The lowest BCUT2D eigenvalue weighted by atomic mass is 10.1. The zero-order chi connectivity index (χ0) is 23.9. The van der Waals surface area contributed by atoms with Crippen LogP contribution in [0.25, 0.3) is 10.9 Å². The van der Waals surface area contributed by atoms with Crippen LogP contribution >= 0.6 is 11.6 Å². The highest BCUT2D eigenvalue weighted by atomic mass is 35.5. The number of nitrogens with zero attached hydrogens (tertiary/aromatic N) is 2. The van der Waals surface area contributed by atoms with E-state index in [-0.39, 0.29) is 16.4 Å². The maximum atomic E-state index is 12.6. The van der Waals surface area contributed by atoms with E-state index >= 15 is 0 Å². The van der Waals surface area contributed by atoms with Crippen molar-refractivity contribution < 1.29 is 14.4 Å². The summed E-state index contributed by atoms with van der Waals surface area (Å²) in [5.41, 5.74) is 4.33. The van der Waals surface area contributed by atoms with E-state index in [9.17, 15) is 14.4 Å². The van der Waals surface area contributed by atoms with Gasteiger partial charge in [-0.25, -0.2) is 10.4 Å². The molecular formula is C25H18ClN5O3. The Labute approximate surface area is 199 Å². The fraction of sp³-hybridized carbons (Fsp3) is 0. The molecule has 34 heavy (non-hydrogen) atoms. The van der Waals surface area contributed by atoms with Crippen LogP contribution in [0.3, 0.4) is 0 Å². The van der Waals surface area contributed by atoms with Gasteiger partial charge in [-0.3, -0.25) is 14.4 Å². The minimum atomic E-state index is -1.01. The van der Waals surface area contributed by atoms with Crippen molar-refractivity contribution in [3.63, 3.8) is 0 Å². The van der Waals surface area contributed by atoms with Crippen LogP contribution in [0.2, 0.25) is 5.15 Å². The van der Waals surface area contributed by atoms with Gasteiger partial charge in [0.25, 0.3) is 5.91 Å². The molecule has 168 valence electrons. The van der Waals surface area contributed by atoms with Crippen LogP contribution in [0.5, 0.6) is 0 Å².